The van der Waals surface area contributed by atoms with Gasteiger partial charge < -0.3 is 10.4 Å². The van der Waals surface area contributed by atoms with Crippen LogP contribution in [0.2, 0.25) is 0 Å². The van der Waals surface area contributed by atoms with Gasteiger partial charge in [0.2, 0.25) is 5.91 Å². The molecule has 5 atom stereocenters. The number of aliphatic hydroxyl groups is 1. The first-order valence-corrected chi connectivity index (χ1v) is 7.35. The number of nitrogens with one attached hydrogen (secondary N) is 1. The van der Waals surface area contributed by atoms with E-state index < -0.39 is 0 Å². The number of carbonyl (C=O) groups excluding carboxylic acids is 1. The number of benzene rings is 1. The van der Waals surface area contributed by atoms with Crippen molar-refractivity contribution in [2.45, 2.75) is 19.4 Å². The Labute approximate surface area is 119 Å². The monoisotopic (exact) mass is 271 g/mol. The van der Waals surface area contributed by atoms with Crippen LogP contribution in [0.25, 0.3) is 0 Å². The zero-order chi connectivity index (χ0) is 14.1. The van der Waals surface area contributed by atoms with E-state index in [2.05, 4.69) is 24.4 Å². The third kappa shape index (κ3) is 2.27. The summed E-state index contributed by atoms with van der Waals surface area (Å²) in [5.74, 6) is 1.48. The number of carbonyl (C=O) groups is 1. The average molecular weight is 271 g/mol. The maximum absolute atomic E-state index is 12.5. The van der Waals surface area contributed by atoms with Crippen LogP contribution in [0, 0.1) is 23.7 Å². The van der Waals surface area contributed by atoms with Gasteiger partial charge in [0.25, 0.3) is 0 Å². The van der Waals surface area contributed by atoms with Crippen LogP contribution < -0.4 is 5.32 Å². The molecule has 1 fully saturated rings. The molecular formula is C17H21NO2. The Morgan fingerprint density at radius 2 is 2.00 bits per heavy atom. The molecule has 20 heavy (non-hydrogen) atoms. The average Bonchev–Trinajstić information content (AvgIpc) is 3.06. The molecule has 0 unspecified atom stereocenters. The predicted molar refractivity (Wildman–Crippen MR) is 77.8 cm³/mol. The van der Waals surface area contributed by atoms with Crippen molar-refractivity contribution in [1.29, 1.82) is 0 Å². The van der Waals surface area contributed by atoms with E-state index in [-0.39, 0.29) is 24.5 Å². The number of allylic oxidation sites excluding steroid dienone is 2. The fourth-order valence-corrected chi connectivity index (χ4v) is 3.69. The molecule has 2 bridgehead atoms. The van der Waals surface area contributed by atoms with Gasteiger partial charge in [0.15, 0.2) is 0 Å². The van der Waals surface area contributed by atoms with Gasteiger partial charge in [-0.2, -0.15) is 0 Å². The number of rotatable bonds is 4. The molecule has 106 valence electrons. The second-order valence-corrected chi connectivity index (χ2v) is 5.99. The Balaban J connectivity index is 1.71. The zero-order valence-electron chi connectivity index (χ0n) is 11.7. The highest BCUT2D eigenvalue weighted by atomic mass is 16.3. The van der Waals surface area contributed by atoms with E-state index in [9.17, 15) is 9.90 Å². The molecule has 3 rings (SSSR count). The van der Waals surface area contributed by atoms with Crippen molar-refractivity contribution >= 4 is 5.91 Å². The second-order valence-electron chi connectivity index (χ2n) is 5.99. The first-order chi connectivity index (χ1) is 9.70. The van der Waals surface area contributed by atoms with Gasteiger partial charge in [0.1, 0.15) is 0 Å². The number of amides is 1. The van der Waals surface area contributed by atoms with Crippen LogP contribution in [0.15, 0.2) is 42.5 Å². The standard InChI is InChI=1S/C17H21NO2/c1-11-13-7-8-14(9-13)16(11)17(20)18-15(10-19)12-5-3-2-4-6-12/h2-8,11,13-16,19H,9-10H2,1H3,(H,18,20)/t11-,13-,14+,15-,16+/m1/s1. The fourth-order valence-electron chi connectivity index (χ4n) is 3.69. The van der Waals surface area contributed by atoms with Crippen molar-refractivity contribution in [2.24, 2.45) is 23.7 Å². The van der Waals surface area contributed by atoms with Crippen LogP contribution in [0.4, 0.5) is 0 Å². The van der Waals surface area contributed by atoms with E-state index in [1.807, 2.05) is 30.3 Å². The molecule has 1 amide bonds. The van der Waals surface area contributed by atoms with Crippen molar-refractivity contribution in [1.82, 2.24) is 5.32 Å². The molecular weight excluding hydrogens is 250 g/mol. The van der Waals surface area contributed by atoms with E-state index in [0.717, 1.165) is 12.0 Å². The molecule has 2 aliphatic carbocycles. The summed E-state index contributed by atoms with van der Waals surface area (Å²) >= 11 is 0. The van der Waals surface area contributed by atoms with Crippen molar-refractivity contribution in [3.05, 3.63) is 48.0 Å². The number of fused-ring (bicyclic) bond motifs is 2. The third-order valence-corrected chi connectivity index (χ3v) is 4.86. The Morgan fingerprint density at radius 1 is 1.30 bits per heavy atom. The first-order valence-electron chi connectivity index (χ1n) is 7.35. The van der Waals surface area contributed by atoms with Gasteiger partial charge in [-0.15, -0.1) is 0 Å². The van der Waals surface area contributed by atoms with Crippen LogP contribution in [0.1, 0.15) is 24.9 Å². The molecule has 0 radical (unpaired) electrons. The van der Waals surface area contributed by atoms with Crippen molar-refractivity contribution in [3.63, 3.8) is 0 Å². The smallest absolute Gasteiger partial charge is 0.224 e. The maximum atomic E-state index is 12.5. The maximum Gasteiger partial charge on any atom is 0.224 e. The van der Waals surface area contributed by atoms with E-state index in [1.54, 1.807) is 0 Å². The van der Waals surface area contributed by atoms with Gasteiger partial charge in [-0.3, -0.25) is 4.79 Å². The van der Waals surface area contributed by atoms with E-state index >= 15 is 0 Å². The van der Waals surface area contributed by atoms with Gasteiger partial charge in [-0.05, 0) is 29.7 Å². The summed E-state index contributed by atoms with van der Waals surface area (Å²) in [6.07, 6.45) is 5.54. The Bertz CT molecular complexity index is 511. The summed E-state index contributed by atoms with van der Waals surface area (Å²) in [5, 5.41) is 12.6. The molecule has 3 heteroatoms. The second kappa shape index (κ2) is 5.41. The molecule has 3 nitrogen and oxygen atoms in total. The van der Waals surface area contributed by atoms with Crippen LogP contribution in [-0.2, 0) is 4.79 Å². The van der Waals surface area contributed by atoms with Crippen LogP contribution in [0.5, 0.6) is 0 Å². The summed E-state index contributed by atoms with van der Waals surface area (Å²) < 4.78 is 0. The Hall–Kier alpha value is -1.61. The van der Waals surface area contributed by atoms with Crippen LogP contribution in [-0.4, -0.2) is 17.6 Å². The molecule has 0 saturated heterocycles. The molecule has 0 spiro atoms. The molecule has 2 aliphatic rings. The zero-order valence-corrected chi connectivity index (χ0v) is 11.7. The summed E-state index contributed by atoms with van der Waals surface area (Å²) in [5.41, 5.74) is 0.953. The topological polar surface area (TPSA) is 49.3 Å². The molecule has 0 aliphatic heterocycles. The lowest BCUT2D eigenvalue weighted by Gasteiger charge is -2.26. The normalized spacial score (nSPS) is 32.3. The predicted octanol–water partition coefficient (Wildman–Crippen LogP) is 2.29. The molecule has 1 saturated carbocycles. The minimum absolute atomic E-state index is 0.0581. The highest BCUT2D eigenvalue weighted by Gasteiger charge is 2.45. The lowest BCUT2D eigenvalue weighted by molar-refractivity contribution is -0.128. The first kappa shape index (κ1) is 13.4. The SMILES string of the molecule is C[C@H]1[C@H](C(=O)N[C@H](CO)c2ccccc2)[C@H]2C=C[C@@H]1C2. The van der Waals surface area contributed by atoms with Crippen molar-refractivity contribution in [2.75, 3.05) is 6.61 Å². The van der Waals surface area contributed by atoms with Gasteiger partial charge in [0.05, 0.1) is 12.6 Å². The summed E-state index contributed by atoms with van der Waals surface area (Å²) in [6, 6.07) is 9.35. The summed E-state index contributed by atoms with van der Waals surface area (Å²) in [4.78, 5) is 12.5. The van der Waals surface area contributed by atoms with Crippen molar-refractivity contribution < 1.29 is 9.90 Å². The highest BCUT2D eigenvalue weighted by molar-refractivity contribution is 5.80. The lowest BCUT2D eigenvalue weighted by atomic mass is 9.83. The van der Waals surface area contributed by atoms with E-state index in [1.165, 1.54) is 0 Å². The van der Waals surface area contributed by atoms with Crippen molar-refractivity contribution in [3.8, 4) is 0 Å². The Kier molecular flexibility index (Phi) is 3.62. The number of hydrogen-bond acceptors (Lipinski definition) is 2. The number of hydrogen-bond donors (Lipinski definition) is 2. The number of aliphatic hydroxyl groups excluding tert-OH is 1. The summed E-state index contributed by atoms with van der Waals surface area (Å²) in [7, 11) is 0. The van der Waals surface area contributed by atoms with Gasteiger partial charge in [0, 0.05) is 5.92 Å². The van der Waals surface area contributed by atoms with Gasteiger partial charge >= 0.3 is 0 Å². The van der Waals surface area contributed by atoms with E-state index in [4.69, 9.17) is 0 Å². The van der Waals surface area contributed by atoms with E-state index in [0.29, 0.717) is 17.8 Å². The third-order valence-electron chi connectivity index (χ3n) is 4.86. The Morgan fingerprint density at radius 3 is 2.60 bits per heavy atom. The molecule has 1 aromatic carbocycles. The molecule has 0 aromatic heterocycles. The molecule has 0 heterocycles. The molecule has 2 N–H and O–H groups in total. The minimum Gasteiger partial charge on any atom is -0.394 e. The van der Waals surface area contributed by atoms with Crippen LogP contribution in [0.3, 0.4) is 0 Å². The fraction of sp³-hybridized carbons (Fsp3) is 0.471. The highest BCUT2D eigenvalue weighted by Crippen LogP contribution is 2.47. The quantitative estimate of drug-likeness (QED) is 0.826. The largest absolute Gasteiger partial charge is 0.394 e. The van der Waals surface area contributed by atoms with Crippen LogP contribution >= 0.6 is 0 Å². The lowest BCUT2D eigenvalue weighted by Crippen LogP contribution is -2.39. The summed E-state index contributed by atoms with van der Waals surface area (Å²) in [6.45, 7) is 2.09. The molecule has 1 aromatic rings. The van der Waals surface area contributed by atoms with Gasteiger partial charge in [-0.1, -0.05) is 49.4 Å². The van der Waals surface area contributed by atoms with Gasteiger partial charge in [-0.25, -0.2) is 0 Å². The minimum atomic E-state index is -0.306.